The summed E-state index contributed by atoms with van der Waals surface area (Å²) in [5, 5.41) is 5.96. The third-order valence-corrected chi connectivity index (χ3v) is 2.80. The highest BCUT2D eigenvalue weighted by Gasteiger charge is 2.04. The number of amides is 2. The lowest BCUT2D eigenvalue weighted by Crippen LogP contribution is -2.18. The van der Waals surface area contributed by atoms with Crippen LogP contribution >= 0.6 is 0 Å². The molecule has 0 atom stereocenters. The summed E-state index contributed by atoms with van der Waals surface area (Å²) in [7, 11) is 0. The summed E-state index contributed by atoms with van der Waals surface area (Å²) in [5.74, 6) is -0.245. The highest BCUT2D eigenvalue weighted by molar-refractivity contribution is 5.91. The second kappa shape index (κ2) is 7.68. The van der Waals surface area contributed by atoms with Gasteiger partial charge in [-0.2, -0.15) is 0 Å². The lowest BCUT2D eigenvalue weighted by Gasteiger charge is -2.08. The maximum absolute atomic E-state index is 11.6. The molecule has 0 aromatic heterocycles. The van der Waals surface area contributed by atoms with Gasteiger partial charge >= 0.3 is 6.09 Å². The van der Waals surface area contributed by atoms with Gasteiger partial charge in [0.1, 0.15) is 6.61 Å². The van der Waals surface area contributed by atoms with Crippen LogP contribution in [0.4, 0.5) is 21.9 Å². The molecule has 0 aliphatic heterocycles. The molecule has 114 valence electrons. The number of nitrogens with one attached hydrogen (secondary N) is 2. The fraction of sp³-hybridized carbons (Fsp3) is 0.125. The smallest absolute Gasteiger partial charge is 0.404 e. The summed E-state index contributed by atoms with van der Waals surface area (Å²) >= 11 is 0. The molecule has 2 aromatic rings. The molecule has 2 rings (SSSR count). The minimum absolute atomic E-state index is 0.0329. The average Bonchev–Trinajstić information content (AvgIpc) is 2.50. The van der Waals surface area contributed by atoms with Crippen molar-refractivity contribution in [3.63, 3.8) is 0 Å². The van der Waals surface area contributed by atoms with Gasteiger partial charge in [-0.3, -0.25) is 4.79 Å². The normalized spacial score (nSPS) is 9.82. The molecule has 0 heterocycles. The van der Waals surface area contributed by atoms with Crippen molar-refractivity contribution in [2.24, 2.45) is 5.73 Å². The first-order chi connectivity index (χ1) is 10.6. The number of para-hydroxylation sites is 1. The van der Waals surface area contributed by atoms with E-state index in [9.17, 15) is 9.59 Å². The molecule has 4 N–H and O–H groups in total. The fourth-order valence-corrected chi connectivity index (χ4v) is 1.79. The van der Waals surface area contributed by atoms with Crippen molar-refractivity contribution >= 4 is 29.1 Å². The topological polar surface area (TPSA) is 93.5 Å². The summed E-state index contributed by atoms with van der Waals surface area (Å²) in [6.45, 7) is -0.0329. The van der Waals surface area contributed by atoms with Gasteiger partial charge in [0, 0.05) is 17.1 Å². The maximum atomic E-state index is 11.6. The van der Waals surface area contributed by atoms with Crippen LogP contribution in [-0.4, -0.2) is 18.6 Å². The third kappa shape index (κ3) is 5.16. The number of hydrogen-bond donors (Lipinski definition) is 3. The van der Waals surface area contributed by atoms with E-state index in [1.54, 1.807) is 12.1 Å². The molecule has 0 aliphatic rings. The average molecular weight is 299 g/mol. The van der Waals surface area contributed by atoms with Crippen LogP contribution in [0.3, 0.4) is 0 Å². The molecule has 0 saturated heterocycles. The fourth-order valence-electron chi connectivity index (χ4n) is 1.79. The zero-order chi connectivity index (χ0) is 15.8. The van der Waals surface area contributed by atoms with Gasteiger partial charge < -0.3 is 21.1 Å². The first-order valence-electron chi connectivity index (χ1n) is 6.78. The molecule has 0 unspecified atom stereocenters. The second-order valence-electron chi connectivity index (χ2n) is 4.53. The minimum Gasteiger partial charge on any atom is -0.449 e. The van der Waals surface area contributed by atoms with Crippen molar-refractivity contribution in [1.82, 2.24) is 0 Å². The molecular weight excluding hydrogens is 282 g/mol. The molecule has 22 heavy (non-hydrogen) atoms. The Labute approximate surface area is 128 Å². The van der Waals surface area contributed by atoms with Crippen molar-refractivity contribution in [2.45, 2.75) is 6.42 Å². The molecule has 0 fully saturated rings. The van der Waals surface area contributed by atoms with Crippen molar-refractivity contribution < 1.29 is 14.3 Å². The minimum atomic E-state index is -0.885. The van der Waals surface area contributed by atoms with Crippen LogP contribution in [-0.2, 0) is 9.53 Å². The SMILES string of the molecule is NC(=O)OCCC(=O)Nc1ccc(Nc2ccccc2)cc1. The van der Waals surface area contributed by atoms with Crippen molar-refractivity contribution in [3.05, 3.63) is 54.6 Å². The van der Waals surface area contributed by atoms with Gasteiger partial charge in [-0.05, 0) is 36.4 Å². The van der Waals surface area contributed by atoms with Crippen molar-refractivity contribution in [1.29, 1.82) is 0 Å². The lowest BCUT2D eigenvalue weighted by molar-refractivity contribution is -0.116. The number of anilines is 3. The molecular formula is C16H17N3O3. The Balaban J connectivity index is 1.84. The molecule has 0 aliphatic carbocycles. The first kappa shape index (κ1) is 15.4. The predicted octanol–water partition coefficient (Wildman–Crippen LogP) is 2.85. The Bertz CT molecular complexity index is 627. The summed E-state index contributed by atoms with van der Waals surface area (Å²) in [5.41, 5.74) is 7.39. The van der Waals surface area contributed by atoms with E-state index >= 15 is 0 Å². The standard InChI is InChI=1S/C16H17N3O3/c17-16(21)22-11-10-15(20)19-14-8-6-13(7-9-14)18-12-4-2-1-3-5-12/h1-9,18H,10-11H2,(H2,17,21)(H,19,20). The van der Waals surface area contributed by atoms with E-state index < -0.39 is 6.09 Å². The van der Waals surface area contributed by atoms with Gasteiger partial charge in [0.15, 0.2) is 0 Å². The number of carbonyl (C=O) groups excluding carboxylic acids is 2. The maximum Gasteiger partial charge on any atom is 0.404 e. The highest BCUT2D eigenvalue weighted by atomic mass is 16.5. The van der Waals surface area contributed by atoms with Crippen LogP contribution < -0.4 is 16.4 Å². The summed E-state index contributed by atoms with van der Waals surface area (Å²) < 4.78 is 4.50. The number of nitrogens with two attached hydrogens (primary N) is 1. The molecule has 0 bridgehead atoms. The van der Waals surface area contributed by atoms with Crippen LogP contribution in [0.1, 0.15) is 6.42 Å². The van der Waals surface area contributed by atoms with Crippen LogP contribution in [0.5, 0.6) is 0 Å². The first-order valence-corrected chi connectivity index (χ1v) is 6.78. The highest BCUT2D eigenvalue weighted by Crippen LogP contribution is 2.18. The molecule has 6 heteroatoms. The van der Waals surface area contributed by atoms with Crippen LogP contribution in [0.2, 0.25) is 0 Å². The largest absolute Gasteiger partial charge is 0.449 e. The Morgan fingerprint density at radius 2 is 1.50 bits per heavy atom. The molecule has 6 nitrogen and oxygen atoms in total. The van der Waals surface area contributed by atoms with E-state index in [1.165, 1.54) is 0 Å². The second-order valence-corrected chi connectivity index (χ2v) is 4.53. The monoisotopic (exact) mass is 299 g/mol. The quantitative estimate of drug-likeness (QED) is 0.764. The lowest BCUT2D eigenvalue weighted by atomic mass is 10.2. The van der Waals surface area contributed by atoms with Crippen LogP contribution in [0, 0.1) is 0 Å². The number of primary amides is 1. The van der Waals surface area contributed by atoms with Gasteiger partial charge in [-0.1, -0.05) is 18.2 Å². The van der Waals surface area contributed by atoms with E-state index in [-0.39, 0.29) is 18.9 Å². The van der Waals surface area contributed by atoms with Gasteiger partial charge in [0.05, 0.1) is 6.42 Å². The van der Waals surface area contributed by atoms with Crippen LogP contribution in [0.15, 0.2) is 54.6 Å². The summed E-state index contributed by atoms with van der Waals surface area (Å²) in [4.78, 5) is 22.0. The third-order valence-electron chi connectivity index (χ3n) is 2.80. The van der Waals surface area contributed by atoms with Gasteiger partial charge in [0.2, 0.25) is 5.91 Å². The van der Waals surface area contributed by atoms with E-state index in [0.717, 1.165) is 11.4 Å². The van der Waals surface area contributed by atoms with Crippen LogP contribution in [0.25, 0.3) is 0 Å². The molecule has 2 aromatic carbocycles. The molecule has 0 saturated carbocycles. The Hall–Kier alpha value is -3.02. The molecule has 2 amide bonds. The van der Waals surface area contributed by atoms with Gasteiger partial charge in [-0.15, -0.1) is 0 Å². The zero-order valence-corrected chi connectivity index (χ0v) is 11.9. The van der Waals surface area contributed by atoms with Crippen molar-refractivity contribution in [3.8, 4) is 0 Å². The molecule has 0 spiro atoms. The summed E-state index contributed by atoms with van der Waals surface area (Å²) in [6, 6.07) is 17.1. The Morgan fingerprint density at radius 3 is 2.14 bits per heavy atom. The number of ether oxygens (including phenoxy) is 1. The number of carbonyl (C=O) groups is 2. The van der Waals surface area contributed by atoms with Gasteiger partial charge in [0.25, 0.3) is 0 Å². The van der Waals surface area contributed by atoms with E-state index in [2.05, 4.69) is 15.4 Å². The number of benzene rings is 2. The van der Waals surface area contributed by atoms with E-state index in [4.69, 9.17) is 5.73 Å². The Morgan fingerprint density at radius 1 is 0.909 bits per heavy atom. The van der Waals surface area contributed by atoms with Gasteiger partial charge in [-0.25, -0.2) is 4.79 Å². The number of hydrogen-bond acceptors (Lipinski definition) is 4. The zero-order valence-electron chi connectivity index (χ0n) is 11.9. The Kier molecular flexibility index (Phi) is 5.37. The van der Waals surface area contributed by atoms with Crippen molar-refractivity contribution in [2.75, 3.05) is 17.2 Å². The number of rotatable bonds is 6. The van der Waals surface area contributed by atoms with E-state index in [0.29, 0.717) is 5.69 Å². The summed E-state index contributed by atoms with van der Waals surface area (Å²) in [6.07, 6.45) is -0.823. The molecule has 0 radical (unpaired) electrons. The van der Waals surface area contributed by atoms with E-state index in [1.807, 2.05) is 42.5 Å². The predicted molar refractivity (Wildman–Crippen MR) is 84.9 cm³/mol.